The van der Waals surface area contributed by atoms with Gasteiger partial charge in [-0.25, -0.2) is 4.39 Å². The van der Waals surface area contributed by atoms with Gasteiger partial charge in [0.1, 0.15) is 5.82 Å². The average molecular weight is 348 g/mol. The van der Waals surface area contributed by atoms with E-state index in [-0.39, 0.29) is 18.2 Å². The van der Waals surface area contributed by atoms with Crippen molar-refractivity contribution in [3.05, 3.63) is 71.5 Å². The lowest BCUT2D eigenvalue weighted by atomic mass is 9.90. The van der Waals surface area contributed by atoms with E-state index in [1.165, 1.54) is 49.9 Å². The molecule has 0 aliphatic carbocycles. The predicted octanol–water partition coefficient (Wildman–Crippen LogP) is 5.13. The molecule has 3 rings (SSSR count). The standard InChI is InChI=1S/C21H26FN.ClH/c22-21-10-8-19(9-11-21)12-15-23-16-13-20(14-17-23)7-6-18-4-2-1-3-5-18;/h1-5,8-11,20H,6-7,12-17H2;1H. The van der Waals surface area contributed by atoms with Gasteiger partial charge in [-0.2, -0.15) is 0 Å². The van der Waals surface area contributed by atoms with Crippen molar-refractivity contribution in [2.24, 2.45) is 5.92 Å². The zero-order chi connectivity index (χ0) is 15.9. The van der Waals surface area contributed by atoms with Crippen LogP contribution in [0.2, 0.25) is 0 Å². The molecule has 1 nitrogen and oxygen atoms in total. The van der Waals surface area contributed by atoms with Crippen LogP contribution >= 0.6 is 12.4 Å². The van der Waals surface area contributed by atoms with E-state index in [2.05, 4.69) is 35.2 Å². The highest BCUT2D eigenvalue weighted by Gasteiger charge is 2.18. The average Bonchev–Trinajstić information content (AvgIpc) is 2.61. The van der Waals surface area contributed by atoms with Crippen molar-refractivity contribution in [2.45, 2.75) is 32.1 Å². The molecule has 0 N–H and O–H groups in total. The molecule has 0 bridgehead atoms. The van der Waals surface area contributed by atoms with Crippen molar-refractivity contribution >= 4 is 12.4 Å². The molecule has 0 radical (unpaired) electrons. The van der Waals surface area contributed by atoms with Crippen molar-refractivity contribution in [1.29, 1.82) is 0 Å². The van der Waals surface area contributed by atoms with Crippen LogP contribution in [0.5, 0.6) is 0 Å². The Labute approximate surface area is 151 Å². The lowest BCUT2D eigenvalue weighted by Gasteiger charge is -2.32. The van der Waals surface area contributed by atoms with Gasteiger partial charge in [0.2, 0.25) is 0 Å². The molecule has 0 amide bonds. The van der Waals surface area contributed by atoms with E-state index in [9.17, 15) is 4.39 Å². The van der Waals surface area contributed by atoms with Crippen molar-refractivity contribution in [3.63, 3.8) is 0 Å². The van der Waals surface area contributed by atoms with Crippen LogP contribution in [0.15, 0.2) is 54.6 Å². The molecule has 2 aromatic rings. The Bertz CT molecular complexity index is 577. The van der Waals surface area contributed by atoms with Crippen LogP contribution in [0.4, 0.5) is 4.39 Å². The maximum absolute atomic E-state index is 12.9. The molecule has 0 aromatic heterocycles. The van der Waals surface area contributed by atoms with Gasteiger partial charge in [-0.3, -0.25) is 0 Å². The molecule has 1 fully saturated rings. The first kappa shape index (κ1) is 19.0. The zero-order valence-electron chi connectivity index (χ0n) is 14.2. The fourth-order valence-corrected chi connectivity index (χ4v) is 3.45. The van der Waals surface area contributed by atoms with Crippen molar-refractivity contribution in [1.82, 2.24) is 4.90 Å². The van der Waals surface area contributed by atoms with Gasteiger partial charge >= 0.3 is 0 Å². The second-order valence-electron chi connectivity index (χ2n) is 6.69. The number of rotatable bonds is 6. The highest BCUT2D eigenvalue weighted by Crippen LogP contribution is 2.22. The maximum atomic E-state index is 12.9. The van der Waals surface area contributed by atoms with Gasteiger partial charge in [0.15, 0.2) is 0 Å². The van der Waals surface area contributed by atoms with Gasteiger partial charge in [0.25, 0.3) is 0 Å². The lowest BCUT2D eigenvalue weighted by molar-refractivity contribution is 0.181. The molecule has 24 heavy (non-hydrogen) atoms. The maximum Gasteiger partial charge on any atom is 0.123 e. The van der Waals surface area contributed by atoms with E-state index >= 15 is 0 Å². The SMILES string of the molecule is Cl.Fc1ccc(CCN2CCC(CCc3ccccc3)CC2)cc1. The summed E-state index contributed by atoms with van der Waals surface area (Å²) in [5.74, 6) is 0.727. The monoisotopic (exact) mass is 347 g/mol. The number of aryl methyl sites for hydroxylation is 1. The van der Waals surface area contributed by atoms with E-state index in [1.807, 2.05) is 12.1 Å². The predicted molar refractivity (Wildman–Crippen MR) is 101 cm³/mol. The second kappa shape index (κ2) is 9.80. The molecule has 1 saturated heterocycles. The van der Waals surface area contributed by atoms with Gasteiger partial charge in [-0.05, 0) is 74.4 Å². The van der Waals surface area contributed by atoms with Crippen LogP contribution in [-0.2, 0) is 12.8 Å². The zero-order valence-corrected chi connectivity index (χ0v) is 15.0. The Kier molecular flexibility index (Phi) is 7.74. The van der Waals surface area contributed by atoms with Gasteiger partial charge in [0.05, 0.1) is 0 Å². The first-order valence-corrected chi connectivity index (χ1v) is 8.80. The molecule has 130 valence electrons. The third kappa shape index (κ3) is 5.92. The summed E-state index contributed by atoms with van der Waals surface area (Å²) in [6.07, 6.45) is 6.18. The fraction of sp³-hybridized carbons (Fsp3) is 0.429. The molecule has 0 spiro atoms. The molecule has 1 aliphatic heterocycles. The van der Waals surface area contributed by atoms with E-state index in [0.29, 0.717) is 0 Å². The summed E-state index contributed by atoms with van der Waals surface area (Å²) in [7, 11) is 0. The minimum atomic E-state index is -0.145. The van der Waals surface area contributed by atoms with Crippen molar-refractivity contribution in [2.75, 3.05) is 19.6 Å². The van der Waals surface area contributed by atoms with E-state index < -0.39 is 0 Å². The van der Waals surface area contributed by atoms with Gasteiger partial charge in [-0.15, -0.1) is 12.4 Å². The van der Waals surface area contributed by atoms with Crippen LogP contribution in [0.1, 0.15) is 30.4 Å². The number of halogens is 2. The van der Waals surface area contributed by atoms with E-state index in [1.54, 1.807) is 12.1 Å². The summed E-state index contributed by atoms with van der Waals surface area (Å²) in [4.78, 5) is 2.56. The lowest BCUT2D eigenvalue weighted by Crippen LogP contribution is -2.35. The molecular formula is C21H27ClFN. The molecule has 1 heterocycles. The van der Waals surface area contributed by atoms with Gasteiger partial charge in [-0.1, -0.05) is 42.5 Å². The number of hydrogen-bond acceptors (Lipinski definition) is 1. The number of benzene rings is 2. The molecule has 0 unspecified atom stereocenters. The quantitative estimate of drug-likeness (QED) is 0.699. The Morgan fingerprint density at radius 3 is 2.12 bits per heavy atom. The molecule has 2 aromatic carbocycles. The summed E-state index contributed by atoms with van der Waals surface area (Å²) < 4.78 is 12.9. The minimum Gasteiger partial charge on any atom is -0.303 e. The fourth-order valence-electron chi connectivity index (χ4n) is 3.45. The molecule has 3 heteroatoms. The molecule has 0 atom stereocenters. The summed E-state index contributed by atoms with van der Waals surface area (Å²) in [5.41, 5.74) is 2.70. The Balaban J connectivity index is 0.00000208. The summed E-state index contributed by atoms with van der Waals surface area (Å²) in [6.45, 7) is 3.51. The Morgan fingerprint density at radius 2 is 1.46 bits per heavy atom. The Morgan fingerprint density at radius 1 is 0.833 bits per heavy atom. The number of nitrogens with zero attached hydrogens (tertiary/aromatic N) is 1. The second-order valence-corrected chi connectivity index (χ2v) is 6.69. The van der Waals surface area contributed by atoms with Crippen LogP contribution in [0, 0.1) is 11.7 Å². The third-order valence-electron chi connectivity index (χ3n) is 5.02. The first-order valence-electron chi connectivity index (χ1n) is 8.80. The van der Waals surface area contributed by atoms with Crippen LogP contribution in [0.3, 0.4) is 0 Å². The minimum absolute atomic E-state index is 0. The summed E-state index contributed by atoms with van der Waals surface area (Å²) in [5, 5.41) is 0. The third-order valence-corrected chi connectivity index (χ3v) is 5.02. The van der Waals surface area contributed by atoms with Crippen molar-refractivity contribution < 1.29 is 4.39 Å². The topological polar surface area (TPSA) is 3.24 Å². The summed E-state index contributed by atoms with van der Waals surface area (Å²) >= 11 is 0. The van der Waals surface area contributed by atoms with Gasteiger partial charge < -0.3 is 4.90 Å². The van der Waals surface area contributed by atoms with Crippen molar-refractivity contribution in [3.8, 4) is 0 Å². The number of piperidine rings is 1. The molecule has 1 aliphatic rings. The number of likely N-dealkylation sites (tertiary alicyclic amines) is 1. The van der Waals surface area contributed by atoms with Gasteiger partial charge in [0, 0.05) is 6.54 Å². The van der Waals surface area contributed by atoms with Crippen LogP contribution in [-0.4, -0.2) is 24.5 Å². The van der Waals surface area contributed by atoms with Crippen LogP contribution < -0.4 is 0 Å². The van der Waals surface area contributed by atoms with Crippen LogP contribution in [0.25, 0.3) is 0 Å². The highest BCUT2D eigenvalue weighted by atomic mass is 35.5. The first-order chi connectivity index (χ1) is 11.3. The largest absolute Gasteiger partial charge is 0.303 e. The normalized spacial score (nSPS) is 15.9. The summed E-state index contributed by atoms with van der Waals surface area (Å²) in [6, 6.07) is 17.7. The molecular weight excluding hydrogens is 321 g/mol. The van der Waals surface area contributed by atoms with E-state index in [4.69, 9.17) is 0 Å². The Hall–Kier alpha value is -1.38. The highest BCUT2D eigenvalue weighted by molar-refractivity contribution is 5.85. The van der Waals surface area contributed by atoms with E-state index in [0.717, 1.165) is 18.9 Å². The number of hydrogen-bond donors (Lipinski definition) is 0. The molecule has 0 saturated carbocycles. The smallest absolute Gasteiger partial charge is 0.123 e.